The lowest BCUT2D eigenvalue weighted by atomic mass is 10.2. The second-order valence-electron chi connectivity index (χ2n) is 5.87. The topological polar surface area (TPSA) is 76.4 Å². The van der Waals surface area contributed by atoms with E-state index in [1.54, 1.807) is 18.1 Å². The molecule has 2 N–H and O–H groups in total. The molecule has 140 valence electrons. The molecular weight excluding hydrogens is 340 g/mol. The molecule has 0 bridgehead atoms. The van der Waals surface area contributed by atoms with Gasteiger partial charge in [-0.05, 0) is 30.7 Å². The summed E-state index contributed by atoms with van der Waals surface area (Å²) in [4.78, 5) is 8.63. The Bertz CT molecular complexity index is 858. The van der Waals surface area contributed by atoms with E-state index in [-0.39, 0.29) is 0 Å². The van der Waals surface area contributed by atoms with Crippen LogP contribution in [0.4, 0.5) is 0 Å². The molecule has 7 nitrogen and oxygen atoms in total. The number of rotatable bonds is 7. The first-order valence-corrected chi connectivity index (χ1v) is 8.88. The lowest BCUT2D eigenvalue weighted by Gasteiger charge is -2.13. The third-order valence-electron chi connectivity index (χ3n) is 4.02. The van der Waals surface area contributed by atoms with Gasteiger partial charge in [-0.25, -0.2) is 14.7 Å². The molecule has 0 amide bonds. The largest absolute Gasteiger partial charge is 0.496 e. The Balaban J connectivity index is 1.63. The number of aliphatic imine (C=N–C) groups is 1. The summed E-state index contributed by atoms with van der Waals surface area (Å²) in [6, 6.07) is 16.1. The van der Waals surface area contributed by atoms with Crippen molar-refractivity contribution in [2.75, 3.05) is 13.7 Å². The Labute approximate surface area is 159 Å². The quantitative estimate of drug-likeness (QED) is 0.498. The molecule has 0 atom stereocenters. The lowest BCUT2D eigenvalue weighted by Crippen LogP contribution is -2.36. The molecule has 0 aliphatic heterocycles. The Kier molecular flexibility index (Phi) is 6.40. The van der Waals surface area contributed by atoms with Crippen LogP contribution >= 0.6 is 0 Å². The van der Waals surface area contributed by atoms with Gasteiger partial charge in [0.2, 0.25) is 0 Å². The van der Waals surface area contributed by atoms with Crippen LogP contribution < -0.4 is 15.4 Å². The zero-order chi connectivity index (χ0) is 18.9. The summed E-state index contributed by atoms with van der Waals surface area (Å²) < 4.78 is 7.12. The van der Waals surface area contributed by atoms with E-state index in [4.69, 9.17) is 4.74 Å². The van der Waals surface area contributed by atoms with Gasteiger partial charge in [0.1, 0.15) is 18.4 Å². The number of hydrogen-bond acceptors (Lipinski definition) is 4. The van der Waals surface area contributed by atoms with Crippen molar-refractivity contribution in [3.63, 3.8) is 0 Å². The van der Waals surface area contributed by atoms with Crippen LogP contribution in [0.1, 0.15) is 18.1 Å². The summed E-state index contributed by atoms with van der Waals surface area (Å²) >= 11 is 0. The second-order valence-corrected chi connectivity index (χ2v) is 5.87. The van der Waals surface area contributed by atoms with Crippen LogP contribution in [0.3, 0.4) is 0 Å². The van der Waals surface area contributed by atoms with Crippen molar-refractivity contribution in [3.05, 3.63) is 72.3 Å². The van der Waals surface area contributed by atoms with E-state index in [0.29, 0.717) is 13.1 Å². The third kappa shape index (κ3) is 5.07. The molecule has 0 fully saturated rings. The molecule has 0 aliphatic carbocycles. The summed E-state index contributed by atoms with van der Waals surface area (Å²) in [5, 5.41) is 10.8. The molecule has 0 saturated heterocycles. The van der Waals surface area contributed by atoms with Crippen LogP contribution in [0.25, 0.3) is 5.69 Å². The smallest absolute Gasteiger partial charge is 0.191 e. The maximum atomic E-state index is 5.40. The summed E-state index contributed by atoms with van der Waals surface area (Å²) in [6.45, 7) is 4.07. The average Bonchev–Trinajstić information content (AvgIpc) is 3.25. The SMILES string of the molecule is CCNC(=NCc1ccc(-n2cncn2)cc1)NCc1ccccc1OC. The molecule has 0 saturated carbocycles. The van der Waals surface area contributed by atoms with Gasteiger partial charge in [-0.3, -0.25) is 0 Å². The van der Waals surface area contributed by atoms with Gasteiger partial charge in [-0.2, -0.15) is 5.10 Å². The zero-order valence-electron chi connectivity index (χ0n) is 15.6. The van der Waals surface area contributed by atoms with Crippen molar-refractivity contribution >= 4 is 5.96 Å². The van der Waals surface area contributed by atoms with Crippen LogP contribution in [0.5, 0.6) is 5.75 Å². The first kappa shape index (κ1) is 18.4. The Morgan fingerprint density at radius 2 is 1.93 bits per heavy atom. The number of hydrogen-bond donors (Lipinski definition) is 2. The number of benzene rings is 2. The van der Waals surface area contributed by atoms with Gasteiger partial charge in [0.05, 0.1) is 19.3 Å². The Morgan fingerprint density at radius 3 is 2.63 bits per heavy atom. The predicted octanol–water partition coefficient (Wildman–Crippen LogP) is 2.53. The molecule has 1 aromatic heterocycles. The Morgan fingerprint density at radius 1 is 1.11 bits per heavy atom. The van der Waals surface area contributed by atoms with Crippen molar-refractivity contribution < 1.29 is 4.74 Å². The van der Waals surface area contributed by atoms with Gasteiger partial charge in [-0.1, -0.05) is 30.3 Å². The van der Waals surface area contributed by atoms with Crippen LogP contribution in [-0.4, -0.2) is 34.4 Å². The highest BCUT2D eigenvalue weighted by atomic mass is 16.5. The second kappa shape index (κ2) is 9.38. The molecule has 2 aromatic carbocycles. The molecule has 0 unspecified atom stereocenters. The van der Waals surface area contributed by atoms with Crippen molar-refractivity contribution in [1.29, 1.82) is 0 Å². The standard InChI is InChI=1S/C20H24N6O/c1-3-22-20(24-13-17-6-4-5-7-19(17)27-2)23-12-16-8-10-18(11-9-16)26-15-21-14-25-26/h4-11,14-15H,3,12-13H2,1-2H3,(H2,22,23,24). The van der Waals surface area contributed by atoms with Crippen LogP contribution in [0, 0.1) is 0 Å². The first-order chi connectivity index (χ1) is 13.3. The number of aromatic nitrogens is 3. The minimum Gasteiger partial charge on any atom is -0.496 e. The first-order valence-electron chi connectivity index (χ1n) is 8.88. The molecule has 0 aliphatic rings. The highest BCUT2D eigenvalue weighted by molar-refractivity contribution is 5.79. The van der Waals surface area contributed by atoms with Crippen LogP contribution in [0.15, 0.2) is 66.2 Å². The highest BCUT2D eigenvalue weighted by Crippen LogP contribution is 2.16. The normalized spacial score (nSPS) is 11.3. The summed E-state index contributed by atoms with van der Waals surface area (Å²) in [5.74, 6) is 1.63. The number of nitrogens with one attached hydrogen (secondary N) is 2. The van der Waals surface area contributed by atoms with E-state index in [0.717, 1.165) is 35.1 Å². The molecule has 7 heteroatoms. The van der Waals surface area contributed by atoms with Crippen molar-refractivity contribution in [2.24, 2.45) is 4.99 Å². The number of methoxy groups -OCH3 is 1. The number of nitrogens with zero attached hydrogens (tertiary/aromatic N) is 4. The monoisotopic (exact) mass is 364 g/mol. The maximum absolute atomic E-state index is 5.40. The van der Waals surface area contributed by atoms with Gasteiger partial charge in [0.25, 0.3) is 0 Å². The summed E-state index contributed by atoms with van der Waals surface area (Å²) in [5.41, 5.74) is 3.18. The predicted molar refractivity (Wildman–Crippen MR) is 106 cm³/mol. The minimum atomic E-state index is 0.582. The molecule has 1 heterocycles. The summed E-state index contributed by atoms with van der Waals surface area (Å²) in [7, 11) is 1.68. The average molecular weight is 364 g/mol. The van der Waals surface area contributed by atoms with Crippen molar-refractivity contribution in [2.45, 2.75) is 20.0 Å². The number of para-hydroxylation sites is 1. The summed E-state index contributed by atoms with van der Waals surface area (Å²) in [6.07, 6.45) is 3.20. The molecule has 0 radical (unpaired) electrons. The highest BCUT2D eigenvalue weighted by Gasteiger charge is 2.04. The molecule has 3 aromatic rings. The fraction of sp³-hybridized carbons (Fsp3) is 0.250. The van der Waals surface area contributed by atoms with Gasteiger partial charge < -0.3 is 15.4 Å². The van der Waals surface area contributed by atoms with Gasteiger partial charge in [-0.15, -0.1) is 0 Å². The third-order valence-corrected chi connectivity index (χ3v) is 4.02. The van der Waals surface area contributed by atoms with Gasteiger partial charge in [0, 0.05) is 18.7 Å². The van der Waals surface area contributed by atoms with E-state index >= 15 is 0 Å². The van der Waals surface area contributed by atoms with Crippen LogP contribution in [-0.2, 0) is 13.1 Å². The number of ether oxygens (including phenoxy) is 1. The van der Waals surface area contributed by atoms with Crippen molar-refractivity contribution in [1.82, 2.24) is 25.4 Å². The zero-order valence-corrected chi connectivity index (χ0v) is 15.6. The minimum absolute atomic E-state index is 0.582. The molecule has 3 rings (SSSR count). The van der Waals surface area contributed by atoms with E-state index in [2.05, 4.69) is 25.7 Å². The Hall–Kier alpha value is -3.35. The number of guanidine groups is 1. The van der Waals surface area contributed by atoms with E-state index in [9.17, 15) is 0 Å². The van der Waals surface area contributed by atoms with Crippen molar-refractivity contribution in [3.8, 4) is 11.4 Å². The molecule has 27 heavy (non-hydrogen) atoms. The molecular formula is C20H24N6O. The fourth-order valence-electron chi connectivity index (χ4n) is 2.64. The van der Waals surface area contributed by atoms with Crippen LogP contribution in [0.2, 0.25) is 0 Å². The lowest BCUT2D eigenvalue weighted by molar-refractivity contribution is 0.409. The maximum Gasteiger partial charge on any atom is 0.191 e. The van der Waals surface area contributed by atoms with E-state index < -0.39 is 0 Å². The van der Waals surface area contributed by atoms with Gasteiger partial charge >= 0.3 is 0 Å². The van der Waals surface area contributed by atoms with Gasteiger partial charge in [0.15, 0.2) is 5.96 Å². The van der Waals surface area contributed by atoms with E-state index in [1.807, 2.05) is 55.5 Å². The van der Waals surface area contributed by atoms with E-state index in [1.165, 1.54) is 6.33 Å². The fourth-order valence-corrected chi connectivity index (χ4v) is 2.64. The molecule has 0 spiro atoms.